The van der Waals surface area contributed by atoms with Crippen LogP contribution in [0.5, 0.6) is 0 Å². The van der Waals surface area contributed by atoms with Gasteiger partial charge < -0.3 is 4.90 Å². The molecule has 0 amide bonds. The minimum absolute atomic E-state index is 0.284. The maximum atomic E-state index is 13.2. The van der Waals surface area contributed by atoms with Crippen LogP contribution in [-0.4, -0.2) is 31.2 Å². The standard InChI is InChI=1S/C9H18FN/c1-7-4-5-8(11(2)3)6-9(7)10/h7-9H,4-6H2,1-3H3. The Morgan fingerprint density at radius 3 is 2.36 bits per heavy atom. The molecule has 0 bridgehead atoms. The summed E-state index contributed by atoms with van der Waals surface area (Å²) in [5, 5.41) is 0. The fourth-order valence-electron chi connectivity index (χ4n) is 1.72. The summed E-state index contributed by atoms with van der Waals surface area (Å²) in [7, 11) is 4.07. The Bertz CT molecular complexity index is 125. The molecule has 0 spiro atoms. The molecule has 0 aromatic carbocycles. The van der Waals surface area contributed by atoms with Crippen LogP contribution in [0.2, 0.25) is 0 Å². The van der Waals surface area contributed by atoms with Gasteiger partial charge in [0.25, 0.3) is 0 Å². The van der Waals surface area contributed by atoms with Crippen LogP contribution in [-0.2, 0) is 0 Å². The highest BCUT2D eigenvalue weighted by Gasteiger charge is 2.28. The van der Waals surface area contributed by atoms with Gasteiger partial charge in [-0.1, -0.05) is 6.92 Å². The van der Waals surface area contributed by atoms with E-state index in [-0.39, 0.29) is 5.92 Å². The summed E-state index contributed by atoms with van der Waals surface area (Å²) in [5.74, 6) is 0.284. The van der Waals surface area contributed by atoms with E-state index in [4.69, 9.17) is 0 Å². The summed E-state index contributed by atoms with van der Waals surface area (Å²) in [4.78, 5) is 2.14. The van der Waals surface area contributed by atoms with Crippen LogP contribution < -0.4 is 0 Å². The molecule has 3 unspecified atom stereocenters. The molecule has 1 rings (SSSR count). The predicted molar refractivity (Wildman–Crippen MR) is 45.4 cm³/mol. The lowest BCUT2D eigenvalue weighted by atomic mass is 9.85. The van der Waals surface area contributed by atoms with Gasteiger partial charge in [0.2, 0.25) is 0 Å². The Balaban J connectivity index is 2.40. The number of rotatable bonds is 1. The first kappa shape index (κ1) is 8.98. The van der Waals surface area contributed by atoms with E-state index in [1.165, 1.54) is 0 Å². The molecular weight excluding hydrogens is 141 g/mol. The molecule has 0 aliphatic heterocycles. The number of alkyl halides is 1. The van der Waals surface area contributed by atoms with E-state index in [0.29, 0.717) is 6.04 Å². The van der Waals surface area contributed by atoms with Crippen LogP contribution in [0.1, 0.15) is 26.2 Å². The predicted octanol–water partition coefficient (Wildman–Crippen LogP) is 2.07. The molecular formula is C9H18FN. The summed E-state index contributed by atoms with van der Waals surface area (Å²) in [6, 6.07) is 0.473. The highest BCUT2D eigenvalue weighted by atomic mass is 19.1. The molecule has 3 atom stereocenters. The van der Waals surface area contributed by atoms with Crippen LogP contribution in [0.3, 0.4) is 0 Å². The first-order valence-electron chi connectivity index (χ1n) is 4.41. The zero-order valence-electron chi connectivity index (χ0n) is 7.68. The Kier molecular flexibility index (Phi) is 2.88. The minimum Gasteiger partial charge on any atom is -0.306 e. The van der Waals surface area contributed by atoms with Crippen molar-refractivity contribution in [3.63, 3.8) is 0 Å². The van der Waals surface area contributed by atoms with Crippen molar-refractivity contribution in [2.75, 3.05) is 14.1 Å². The minimum atomic E-state index is -0.573. The quantitative estimate of drug-likeness (QED) is 0.566. The van der Waals surface area contributed by atoms with Crippen molar-refractivity contribution in [1.29, 1.82) is 0 Å². The molecule has 1 saturated carbocycles. The van der Waals surface area contributed by atoms with Gasteiger partial charge in [-0.2, -0.15) is 0 Å². The third-order valence-corrected chi connectivity index (χ3v) is 2.80. The van der Waals surface area contributed by atoms with Crippen LogP contribution in [0.4, 0.5) is 4.39 Å². The van der Waals surface area contributed by atoms with Gasteiger partial charge in [0.1, 0.15) is 6.17 Å². The van der Waals surface area contributed by atoms with Crippen molar-refractivity contribution in [1.82, 2.24) is 4.90 Å². The molecule has 0 saturated heterocycles. The molecule has 0 radical (unpaired) electrons. The zero-order valence-corrected chi connectivity index (χ0v) is 7.68. The molecule has 11 heavy (non-hydrogen) atoms. The average molecular weight is 159 g/mol. The van der Waals surface area contributed by atoms with Crippen molar-refractivity contribution in [2.24, 2.45) is 5.92 Å². The number of halogens is 1. The van der Waals surface area contributed by atoms with Gasteiger partial charge in [-0.05, 0) is 39.3 Å². The molecule has 0 N–H and O–H groups in total. The molecule has 1 nitrogen and oxygen atoms in total. The molecule has 2 heteroatoms. The van der Waals surface area contributed by atoms with Gasteiger partial charge in [-0.25, -0.2) is 4.39 Å². The largest absolute Gasteiger partial charge is 0.306 e. The molecule has 1 aliphatic rings. The maximum absolute atomic E-state index is 13.2. The van der Waals surface area contributed by atoms with E-state index in [9.17, 15) is 4.39 Å². The molecule has 66 valence electrons. The van der Waals surface area contributed by atoms with Gasteiger partial charge in [0.15, 0.2) is 0 Å². The van der Waals surface area contributed by atoms with Crippen molar-refractivity contribution in [2.45, 2.75) is 38.4 Å². The van der Waals surface area contributed by atoms with Crippen molar-refractivity contribution >= 4 is 0 Å². The fourth-order valence-corrected chi connectivity index (χ4v) is 1.72. The van der Waals surface area contributed by atoms with Gasteiger partial charge in [0.05, 0.1) is 0 Å². The van der Waals surface area contributed by atoms with Gasteiger partial charge >= 0.3 is 0 Å². The lowest BCUT2D eigenvalue weighted by Crippen LogP contribution is -2.36. The fraction of sp³-hybridized carbons (Fsp3) is 1.00. The Hall–Kier alpha value is -0.110. The summed E-state index contributed by atoms with van der Waals surface area (Å²) >= 11 is 0. The lowest BCUT2D eigenvalue weighted by molar-refractivity contribution is 0.107. The SMILES string of the molecule is CC1CCC(N(C)C)CC1F. The lowest BCUT2D eigenvalue weighted by Gasteiger charge is -2.33. The second-order valence-electron chi connectivity index (χ2n) is 3.92. The van der Waals surface area contributed by atoms with Gasteiger partial charge in [-0.3, -0.25) is 0 Å². The molecule has 1 aliphatic carbocycles. The second kappa shape index (κ2) is 3.53. The number of hydrogen-bond acceptors (Lipinski definition) is 1. The molecule has 1 fully saturated rings. The average Bonchev–Trinajstić information content (AvgIpc) is 1.94. The van der Waals surface area contributed by atoms with E-state index >= 15 is 0 Å². The van der Waals surface area contributed by atoms with Crippen molar-refractivity contribution < 1.29 is 4.39 Å². The van der Waals surface area contributed by atoms with E-state index in [1.54, 1.807) is 0 Å². The first-order valence-corrected chi connectivity index (χ1v) is 4.41. The number of hydrogen-bond donors (Lipinski definition) is 0. The van der Waals surface area contributed by atoms with Crippen LogP contribution in [0.15, 0.2) is 0 Å². The third kappa shape index (κ3) is 2.16. The summed E-state index contributed by atoms with van der Waals surface area (Å²) in [5.41, 5.74) is 0. The Morgan fingerprint density at radius 1 is 1.27 bits per heavy atom. The van der Waals surface area contributed by atoms with Crippen molar-refractivity contribution in [3.05, 3.63) is 0 Å². The normalized spacial score (nSPS) is 39.5. The van der Waals surface area contributed by atoms with Crippen molar-refractivity contribution in [3.8, 4) is 0 Å². The van der Waals surface area contributed by atoms with E-state index in [1.807, 2.05) is 21.0 Å². The Morgan fingerprint density at radius 2 is 1.91 bits per heavy atom. The topological polar surface area (TPSA) is 3.24 Å². The smallest absolute Gasteiger partial charge is 0.104 e. The molecule has 0 heterocycles. The van der Waals surface area contributed by atoms with Crippen LogP contribution in [0, 0.1) is 5.92 Å². The highest BCUT2D eigenvalue weighted by molar-refractivity contribution is 4.81. The first-order chi connectivity index (χ1) is 5.11. The third-order valence-electron chi connectivity index (χ3n) is 2.80. The van der Waals surface area contributed by atoms with Gasteiger partial charge in [-0.15, -0.1) is 0 Å². The molecule has 0 aromatic heterocycles. The van der Waals surface area contributed by atoms with Crippen LogP contribution >= 0.6 is 0 Å². The van der Waals surface area contributed by atoms with E-state index in [2.05, 4.69) is 4.90 Å². The zero-order chi connectivity index (χ0) is 8.43. The second-order valence-corrected chi connectivity index (χ2v) is 3.92. The summed E-state index contributed by atoms with van der Waals surface area (Å²) < 4.78 is 13.2. The van der Waals surface area contributed by atoms with Gasteiger partial charge in [0, 0.05) is 6.04 Å². The maximum Gasteiger partial charge on any atom is 0.104 e. The molecule has 0 aromatic rings. The van der Waals surface area contributed by atoms with E-state index in [0.717, 1.165) is 19.3 Å². The summed E-state index contributed by atoms with van der Waals surface area (Å²) in [6.45, 7) is 2.01. The highest BCUT2D eigenvalue weighted by Crippen LogP contribution is 2.28. The number of nitrogens with zero attached hydrogens (tertiary/aromatic N) is 1. The summed E-state index contributed by atoms with van der Waals surface area (Å²) in [6.07, 6.45) is 2.36. The van der Waals surface area contributed by atoms with E-state index < -0.39 is 6.17 Å². The monoisotopic (exact) mass is 159 g/mol. The van der Waals surface area contributed by atoms with Crippen LogP contribution in [0.25, 0.3) is 0 Å². The Labute approximate surface area is 68.6 Å².